The number of imidazole rings is 1. The van der Waals surface area contributed by atoms with E-state index >= 15 is 0 Å². The van der Waals surface area contributed by atoms with Crippen LogP contribution in [0, 0.1) is 18.7 Å². The van der Waals surface area contributed by atoms with Crippen molar-refractivity contribution in [3.63, 3.8) is 0 Å². The molecule has 1 aromatic carbocycles. The van der Waals surface area contributed by atoms with Crippen LogP contribution in [-0.2, 0) is 11.3 Å². The number of nitrogens with zero attached hydrogens (tertiary/aromatic N) is 4. The van der Waals surface area contributed by atoms with Crippen LogP contribution < -0.4 is 5.56 Å². The van der Waals surface area contributed by atoms with Crippen molar-refractivity contribution >= 4 is 5.52 Å². The number of ether oxygens (including phenoxy) is 1. The fourth-order valence-electron chi connectivity index (χ4n) is 4.95. The zero-order valence-electron chi connectivity index (χ0n) is 18.0. The molecule has 7 nitrogen and oxygen atoms in total. The first-order chi connectivity index (χ1) is 15.0. The van der Waals surface area contributed by atoms with E-state index in [4.69, 9.17) is 9.84 Å². The molecule has 1 N–H and O–H groups in total. The van der Waals surface area contributed by atoms with E-state index in [0.29, 0.717) is 36.0 Å². The lowest BCUT2D eigenvalue weighted by molar-refractivity contribution is 0.0832. The molecule has 0 aliphatic carbocycles. The highest BCUT2D eigenvalue weighted by molar-refractivity contribution is 5.42. The number of hydrogen-bond donors (Lipinski definition) is 1. The summed E-state index contributed by atoms with van der Waals surface area (Å²) in [6, 6.07) is 5.29. The van der Waals surface area contributed by atoms with Crippen molar-refractivity contribution < 1.29 is 9.13 Å². The largest absolute Gasteiger partial charge is 0.381 e. The minimum atomic E-state index is -0.174. The highest BCUT2D eigenvalue weighted by atomic mass is 19.1. The molecule has 0 spiro atoms. The molecular weight excluding hydrogens is 397 g/mol. The summed E-state index contributed by atoms with van der Waals surface area (Å²) >= 11 is 0. The number of nitrogens with one attached hydrogen (secondary N) is 1. The summed E-state index contributed by atoms with van der Waals surface area (Å²) in [6.45, 7) is 7.87. The summed E-state index contributed by atoms with van der Waals surface area (Å²) in [4.78, 5) is 22.7. The van der Waals surface area contributed by atoms with Gasteiger partial charge < -0.3 is 9.72 Å². The molecule has 4 heterocycles. The molecule has 31 heavy (non-hydrogen) atoms. The van der Waals surface area contributed by atoms with Crippen molar-refractivity contribution in [3.8, 4) is 0 Å². The van der Waals surface area contributed by atoms with Crippen LogP contribution in [-0.4, -0.2) is 50.8 Å². The Morgan fingerprint density at radius 1 is 1.26 bits per heavy atom. The Morgan fingerprint density at radius 2 is 2.06 bits per heavy atom. The van der Waals surface area contributed by atoms with Gasteiger partial charge in [0, 0.05) is 44.7 Å². The van der Waals surface area contributed by atoms with Crippen molar-refractivity contribution in [1.82, 2.24) is 24.5 Å². The van der Waals surface area contributed by atoms with Gasteiger partial charge in [0.2, 0.25) is 0 Å². The minimum absolute atomic E-state index is 0.128. The minimum Gasteiger partial charge on any atom is -0.381 e. The van der Waals surface area contributed by atoms with Crippen LogP contribution in [0.2, 0.25) is 0 Å². The highest BCUT2D eigenvalue weighted by Gasteiger charge is 2.33. The zero-order valence-corrected chi connectivity index (χ0v) is 18.0. The number of likely N-dealkylation sites (tertiary alicyclic amines) is 1. The third-order valence-corrected chi connectivity index (χ3v) is 6.70. The predicted molar refractivity (Wildman–Crippen MR) is 115 cm³/mol. The van der Waals surface area contributed by atoms with Crippen molar-refractivity contribution in [2.45, 2.75) is 45.1 Å². The van der Waals surface area contributed by atoms with Gasteiger partial charge in [-0.1, -0.05) is 19.1 Å². The SMILES string of the molecule is Cc1cc(CN2CC(C)C(c3nn4c(C5CCOCC5)ncc4c(=O)[nH]3)C2)ccc1F. The Hall–Kier alpha value is -2.58. The maximum Gasteiger partial charge on any atom is 0.276 e. The normalized spacial score (nSPS) is 23.1. The molecule has 2 saturated heterocycles. The van der Waals surface area contributed by atoms with Gasteiger partial charge in [0.25, 0.3) is 5.56 Å². The number of benzene rings is 1. The van der Waals surface area contributed by atoms with Crippen LogP contribution in [0.4, 0.5) is 4.39 Å². The topological polar surface area (TPSA) is 75.5 Å². The lowest BCUT2D eigenvalue weighted by Crippen LogP contribution is -2.24. The first-order valence-electron chi connectivity index (χ1n) is 11.0. The molecule has 2 unspecified atom stereocenters. The summed E-state index contributed by atoms with van der Waals surface area (Å²) < 4.78 is 20.8. The number of aromatic amines is 1. The van der Waals surface area contributed by atoms with E-state index in [1.807, 2.05) is 12.1 Å². The van der Waals surface area contributed by atoms with Crippen LogP contribution in [0.15, 0.2) is 29.2 Å². The molecule has 0 amide bonds. The summed E-state index contributed by atoms with van der Waals surface area (Å²) in [5.74, 6) is 2.13. The lowest BCUT2D eigenvalue weighted by atomic mass is 9.97. The third-order valence-electron chi connectivity index (χ3n) is 6.70. The molecule has 0 radical (unpaired) electrons. The zero-order chi connectivity index (χ0) is 21.5. The van der Waals surface area contributed by atoms with Gasteiger partial charge in [-0.15, -0.1) is 0 Å². The average molecular weight is 426 g/mol. The quantitative estimate of drug-likeness (QED) is 0.696. The Balaban J connectivity index is 1.40. The summed E-state index contributed by atoms with van der Waals surface area (Å²) in [7, 11) is 0. The molecule has 5 rings (SSSR count). The Labute approximate surface area is 180 Å². The van der Waals surface area contributed by atoms with Gasteiger partial charge >= 0.3 is 0 Å². The van der Waals surface area contributed by atoms with E-state index in [0.717, 1.165) is 43.9 Å². The Bertz CT molecular complexity index is 1150. The van der Waals surface area contributed by atoms with Gasteiger partial charge in [0.1, 0.15) is 17.5 Å². The molecule has 164 valence electrons. The van der Waals surface area contributed by atoms with E-state index in [2.05, 4.69) is 21.8 Å². The fraction of sp³-hybridized carbons (Fsp3) is 0.522. The second-order valence-electron chi connectivity index (χ2n) is 9.00. The van der Waals surface area contributed by atoms with Crippen LogP contribution in [0.25, 0.3) is 5.52 Å². The molecule has 0 bridgehead atoms. The molecule has 2 fully saturated rings. The molecule has 2 aliphatic heterocycles. The fourth-order valence-corrected chi connectivity index (χ4v) is 4.95. The van der Waals surface area contributed by atoms with Gasteiger partial charge in [-0.05, 0) is 42.9 Å². The summed E-state index contributed by atoms with van der Waals surface area (Å²) in [5, 5.41) is 4.85. The molecule has 2 aromatic heterocycles. The molecule has 3 aromatic rings. The summed E-state index contributed by atoms with van der Waals surface area (Å²) in [6.07, 6.45) is 3.42. The lowest BCUT2D eigenvalue weighted by Gasteiger charge is -2.21. The Morgan fingerprint density at radius 3 is 2.84 bits per heavy atom. The van der Waals surface area contributed by atoms with Crippen LogP contribution in [0.1, 0.15) is 54.4 Å². The second-order valence-corrected chi connectivity index (χ2v) is 9.00. The second kappa shape index (κ2) is 8.16. The van der Waals surface area contributed by atoms with Crippen LogP contribution in [0.3, 0.4) is 0 Å². The van der Waals surface area contributed by atoms with E-state index < -0.39 is 0 Å². The maximum absolute atomic E-state index is 13.6. The number of halogens is 1. The van der Waals surface area contributed by atoms with Gasteiger partial charge in [0.05, 0.1) is 6.20 Å². The van der Waals surface area contributed by atoms with E-state index in [9.17, 15) is 9.18 Å². The summed E-state index contributed by atoms with van der Waals surface area (Å²) in [5.41, 5.74) is 2.11. The van der Waals surface area contributed by atoms with E-state index in [-0.39, 0.29) is 23.2 Å². The maximum atomic E-state index is 13.6. The number of H-pyrrole nitrogens is 1. The smallest absolute Gasteiger partial charge is 0.276 e. The van der Waals surface area contributed by atoms with Gasteiger partial charge in [-0.2, -0.15) is 5.10 Å². The highest BCUT2D eigenvalue weighted by Crippen LogP contribution is 2.32. The molecule has 8 heteroatoms. The number of aromatic nitrogens is 4. The standard InChI is InChI=1S/C23H28FN5O2/c1-14-9-16(3-4-19(14)24)12-28-11-15(2)18(13-28)21-26-23(30)20-10-25-22(29(20)27-21)17-5-7-31-8-6-17/h3-4,9-10,15,17-18H,5-8,11-13H2,1-2H3,(H,26,27,30). The monoisotopic (exact) mass is 425 g/mol. The van der Waals surface area contributed by atoms with Crippen molar-refractivity contribution in [1.29, 1.82) is 0 Å². The number of rotatable bonds is 4. The van der Waals surface area contributed by atoms with Gasteiger partial charge in [-0.3, -0.25) is 9.69 Å². The molecular formula is C23H28FN5O2. The predicted octanol–water partition coefficient (Wildman–Crippen LogP) is 2.99. The van der Waals surface area contributed by atoms with Crippen molar-refractivity contribution in [2.75, 3.05) is 26.3 Å². The molecule has 0 saturated carbocycles. The number of hydrogen-bond acceptors (Lipinski definition) is 5. The van der Waals surface area contributed by atoms with E-state index in [1.165, 1.54) is 6.07 Å². The van der Waals surface area contributed by atoms with Crippen molar-refractivity contribution in [2.24, 2.45) is 5.92 Å². The van der Waals surface area contributed by atoms with Gasteiger partial charge in [-0.25, -0.2) is 13.9 Å². The van der Waals surface area contributed by atoms with Gasteiger partial charge in [0.15, 0.2) is 5.52 Å². The van der Waals surface area contributed by atoms with Crippen LogP contribution in [0.5, 0.6) is 0 Å². The third kappa shape index (κ3) is 3.90. The molecule has 2 atom stereocenters. The van der Waals surface area contributed by atoms with Crippen LogP contribution >= 0.6 is 0 Å². The number of fused-ring (bicyclic) bond motifs is 1. The van der Waals surface area contributed by atoms with E-state index in [1.54, 1.807) is 17.6 Å². The average Bonchev–Trinajstić information content (AvgIpc) is 3.35. The number of aryl methyl sites for hydroxylation is 1. The first-order valence-corrected chi connectivity index (χ1v) is 11.0. The Kier molecular flexibility index (Phi) is 5.35. The molecule has 2 aliphatic rings. The first kappa shape index (κ1) is 20.3. The van der Waals surface area contributed by atoms with Crippen molar-refractivity contribution in [3.05, 3.63) is 63.3 Å².